The van der Waals surface area contributed by atoms with Crippen LogP contribution in [0.4, 0.5) is 0 Å². The Hall–Kier alpha value is -2.96. The van der Waals surface area contributed by atoms with Crippen molar-refractivity contribution in [2.45, 2.75) is 52.6 Å². The van der Waals surface area contributed by atoms with Crippen molar-refractivity contribution in [1.29, 1.82) is 0 Å². The van der Waals surface area contributed by atoms with Crippen molar-refractivity contribution in [3.63, 3.8) is 0 Å². The third-order valence-electron chi connectivity index (χ3n) is 3.41. The van der Waals surface area contributed by atoms with Gasteiger partial charge in [0.15, 0.2) is 0 Å². The Morgan fingerprint density at radius 2 is 1.37 bits per heavy atom. The SMILES string of the molecule is CC(C)(C)NC(=O)c1ccc(-n2cc(C(=O)NC(C)(C)C)ccc2=O)nc1. The molecule has 0 bridgehead atoms. The molecule has 144 valence electrons. The van der Waals surface area contributed by atoms with E-state index >= 15 is 0 Å². The molecule has 2 aromatic rings. The van der Waals surface area contributed by atoms with E-state index < -0.39 is 5.54 Å². The summed E-state index contributed by atoms with van der Waals surface area (Å²) < 4.78 is 1.28. The van der Waals surface area contributed by atoms with Crippen molar-refractivity contribution in [1.82, 2.24) is 20.2 Å². The van der Waals surface area contributed by atoms with Gasteiger partial charge in [-0.3, -0.25) is 19.0 Å². The van der Waals surface area contributed by atoms with E-state index in [1.165, 1.54) is 29.1 Å². The Morgan fingerprint density at radius 3 is 1.85 bits per heavy atom. The van der Waals surface area contributed by atoms with Crippen LogP contribution in [0.15, 0.2) is 41.5 Å². The van der Waals surface area contributed by atoms with Gasteiger partial charge in [-0.1, -0.05) is 0 Å². The summed E-state index contributed by atoms with van der Waals surface area (Å²) in [7, 11) is 0. The first-order valence-electron chi connectivity index (χ1n) is 8.70. The van der Waals surface area contributed by atoms with Crippen LogP contribution in [0.1, 0.15) is 62.3 Å². The molecule has 0 saturated carbocycles. The Labute approximate surface area is 158 Å². The fraction of sp³-hybridized carbons (Fsp3) is 0.400. The molecule has 0 fully saturated rings. The molecule has 2 rings (SSSR count). The molecule has 2 N–H and O–H groups in total. The molecule has 0 spiro atoms. The standard InChI is InChI=1S/C20H26N4O3/c1-19(2,3)22-17(26)13-7-9-15(21-11-13)24-12-14(8-10-16(24)25)18(27)23-20(4,5)6/h7-12H,1-6H3,(H,22,26)(H,23,27). The summed E-state index contributed by atoms with van der Waals surface area (Å²) in [6.07, 6.45) is 2.85. The van der Waals surface area contributed by atoms with Gasteiger partial charge < -0.3 is 10.6 Å². The van der Waals surface area contributed by atoms with Crippen LogP contribution in [0.3, 0.4) is 0 Å². The summed E-state index contributed by atoms with van der Waals surface area (Å²) in [6.45, 7) is 11.3. The summed E-state index contributed by atoms with van der Waals surface area (Å²) in [5.41, 5.74) is -0.328. The van der Waals surface area contributed by atoms with E-state index in [1.807, 2.05) is 41.5 Å². The normalized spacial score (nSPS) is 11.8. The number of nitrogens with zero attached hydrogens (tertiary/aromatic N) is 2. The van der Waals surface area contributed by atoms with E-state index in [4.69, 9.17) is 0 Å². The van der Waals surface area contributed by atoms with Crippen molar-refractivity contribution < 1.29 is 9.59 Å². The summed E-state index contributed by atoms with van der Waals surface area (Å²) in [4.78, 5) is 40.9. The van der Waals surface area contributed by atoms with Crippen molar-refractivity contribution in [3.8, 4) is 5.82 Å². The van der Waals surface area contributed by atoms with E-state index in [0.29, 0.717) is 16.9 Å². The van der Waals surface area contributed by atoms with Gasteiger partial charge in [0.1, 0.15) is 5.82 Å². The molecule has 0 aliphatic rings. The number of aromatic nitrogens is 2. The highest BCUT2D eigenvalue weighted by Gasteiger charge is 2.17. The lowest BCUT2D eigenvalue weighted by atomic mass is 10.1. The van der Waals surface area contributed by atoms with Crippen molar-refractivity contribution in [3.05, 3.63) is 58.1 Å². The minimum atomic E-state index is -0.391. The number of amides is 2. The Balaban J connectivity index is 2.30. The average molecular weight is 370 g/mol. The molecule has 0 saturated heterocycles. The molecule has 7 nitrogen and oxygen atoms in total. The Kier molecular flexibility index (Phi) is 5.54. The van der Waals surface area contributed by atoms with Gasteiger partial charge in [0.2, 0.25) is 0 Å². The first-order chi connectivity index (χ1) is 12.4. The molecular weight excluding hydrogens is 344 g/mol. The van der Waals surface area contributed by atoms with E-state index in [2.05, 4.69) is 15.6 Å². The van der Waals surface area contributed by atoms with Gasteiger partial charge in [0, 0.05) is 29.5 Å². The molecule has 7 heteroatoms. The Morgan fingerprint density at radius 1 is 0.852 bits per heavy atom. The summed E-state index contributed by atoms with van der Waals surface area (Å²) in [6, 6.07) is 5.96. The highest BCUT2D eigenvalue weighted by molar-refractivity contribution is 5.95. The van der Waals surface area contributed by atoms with Crippen LogP contribution in [0.2, 0.25) is 0 Å². The molecule has 0 aromatic carbocycles. The smallest absolute Gasteiger partial charge is 0.256 e. The van der Waals surface area contributed by atoms with Crippen molar-refractivity contribution in [2.75, 3.05) is 0 Å². The van der Waals surface area contributed by atoms with Gasteiger partial charge in [-0.05, 0) is 59.7 Å². The second-order valence-corrected chi connectivity index (χ2v) is 8.44. The lowest BCUT2D eigenvalue weighted by molar-refractivity contribution is 0.0910. The van der Waals surface area contributed by atoms with Gasteiger partial charge in [0.05, 0.1) is 11.1 Å². The second kappa shape index (κ2) is 7.34. The molecular formula is C20H26N4O3. The van der Waals surface area contributed by atoms with Crippen LogP contribution in [0.25, 0.3) is 5.82 Å². The molecule has 0 atom stereocenters. The number of hydrogen-bond acceptors (Lipinski definition) is 4. The van der Waals surface area contributed by atoms with Gasteiger partial charge in [-0.15, -0.1) is 0 Å². The molecule has 0 aliphatic heterocycles. The zero-order valence-corrected chi connectivity index (χ0v) is 16.6. The molecule has 2 aromatic heterocycles. The maximum absolute atomic E-state index is 12.3. The van der Waals surface area contributed by atoms with Crippen LogP contribution in [0, 0.1) is 0 Å². The molecule has 27 heavy (non-hydrogen) atoms. The highest BCUT2D eigenvalue weighted by atomic mass is 16.2. The Bertz CT molecular complexity index is 901. The van der Waals surface area contributed by atoms with E-state index in [0.717, 1.165) is 0 Å². The van der Waals surface area contributed by atoms with Crippen molar-refractivity contribution in [2.24, 2.45) is 0 Å². The third kappa shape index (κ3) is 5.77. The lowest BCUT2D eigenvalue weighted by Gasteiger charge is -2.21. The van der Waals surface area contributed by atoms with Gasteiger partial charge >= 0.3 is 0 Å². The predicted molar refractivity (Wildman–Crippen MR) is 104 cm³/mol. The first-order valence-corrected chi connectivity index (χ1v) is 8.70. The van der Waals surface area contributed by atoms with Gasteiger partial charge in [0.25, 0.3) is 17.4 Å². The minimum Gasteiger partial charge on any atom is -0.347 e. The fourth-order valence-electron chi connectivity index (χ4n) is 2.29. The van der Waals surface area contributed by atoms with Crippen LogP contribution in [-0.2, 0) is 0 Å². The van der Waals surface area contributed by atoms with Crippen LogP contribution in [0.5, 0.6) is 0 Å². The quantitative estimate of drug-likeness (QED) is 0.867. The lowest BCUT2D eigenvalue weighted by Crippen LogP contribution is -2.41. The van der Waals surface area contributed by atoms with E-state index in [-0.39, 0.29) is 22.9 Å². The zero-order valence-electron chi connectivity index (χ0n) is 16.6. The van der Waals surface area contributed by atoms with Gasteiger partial charge in [-0.25, -0.2) is 4.98 Å². The van der Waals surface area contributed by atoms with Crippen LogP contribution >= 0.6 is 0 Å². The highest BCUT2D eigenvalue weighted by Crippen LogP contribution is 2.09. The molecule has 0 radical (unpaired) electrons. The molecule has 2 heterocycles. The summed E-state index contributed by atoms with van der Waals surface area (Å²) in [5.74, 6) is -0.192. The van der Waals surface area contributed by atoms with Crippen molar-refractivity contribution >= 4 is 11.8 Å². The number of hydrogen-bond donors (Lipinski definition) is 2. The minimum absolute atomic E-state index is 0.243. The molecule has 0 unspecified atom stereocenters. The first kappa shape index (κ1) is 20.4. The molecule has 0 aliphatic carbocycles. The topological polar surface area (TPSA) is 93.1 Å². The average Bonchev–Trinajstić information content (AvgIpc) is 2.52. The number of nitrogens with one attached hydrogen (secondary N) is 2. The van der Waals surface area contributed by atoms with Gasteiger partial charge in [-0.2, -0.15) is 0 Å². The predicted octanol–water partition coefficient (Wildman–Crippen LogP) is 2.29. The largest absolute Gasteiger partial charge is 0.347 e. The monoisotopic (exact) mass is 370 g/mol. The summed E-state index contributed by atoms with van der Waals surface area (Å²) in [5, 5.41) is 5.70. The van der Waals surface area contributed by atoms with E-state index in [1.54, 1.807) is 12.1 Å². The third-order valence-corrected chi connectivity index (χ3v) is 3.41. The second-order valence-electron chi connectivity index (χ2n) is 8.44. The number of carbonyl (C=O) groups excluding carboxylic acids is 2. The van der Waals surface area contributed by atoms with Crippen LogP contribution in [-0.4, -0.2) is 32.4 Å². The molecule has 2 amide bonds. The van der Waals surface area contributed by atoms with E-state index in [9.17, 15) is 14.4 Å². The number of pyridine rings is 2. The maximum Gasteiger partial charge on any atom is 0.256 e. The number of rotatable bonds is 3. The number of carbonyl (C=O) groups is 2. The fourth-order valence-corrected chi connectivity index (χ4v) is 2.29. The zero-order chi connectivity index (χ0) is 20.4. The maximum atomic E-state index is 12.3. The summed E-state index contributed by atoms with van der Waals surface area (Å²) >= 11 is 0. The van der Waals surface area contributed by atoms with Crippen LogP contribution < -0.4 is 16.2 Å².